The Morgan fingerprint density at radius 1 is 0.786 bits per heavy atom. The minimum absolute atomic E-state index is 0.213. The number of unbranched alkanes of at least 4 members (excludes halogenated alkanes) is 8. The van der Waals surface area contributed by atoms with E-state index < -0.39 is 32.5 Å². The van der Waals surface area contributed by atoms with Crippen LogP contribution in [0.25, 0.3) is 0 Å². The maximum atomic E-state index is 11.9. The fraction of sp³-hybridized carbons (Fsp3) is 0.895. The predicted molar refractivity (Wildman–Crippen MR) is 106 cm³/mol. The maximum absolute atomic E-state index is 11.9. The van der Waals surface area contributed by atoms with Gasteiger partial charge in [-0.1, -0.05) is 65.2 Å². The lowest BCUT2D eigenvalue weighted by molar-refractivity contribution is -0.161. The van der Waals surface area contributed by atoms with Crippen molar-refractivity contribution in [2.75, 3.05) is 13.2 Å². The third-order valence-electron chi connectivity index (χ3n) is 4.10. The first-order valence-electron chi connectivity index (χ1n) is 10.3. The number of phosphoric ester groups is 1. The SMILES string of the molecule is CCCCCCCCCCCC(=O)OC(COC(=O)CCC)COP(=O)(O)O. The van der Waals surface area contributed by atoms with Gasteiger partial charge in [0.05, 0.1) is 6.61 Å². The second-order valence-corrected chi connectivity index (χ2v) is 8.15. The third kappa shape index (κ3) is 18.4. The van der Waals surface area contributed by atoms with E-state index in [2.05, 4.69) is 11.4 Å². The number of ether oxygens (including phenoxy) is 2. The third-order valence-corrected chi connectivity index (χ3v) is 4.58. The Hall–Kier alpha value is -0.950. The molecule has 0 spiro atoms. The molecule has 1 unspecified atom stereocenters. The Bertz CT molecular complexity index is 463. The second-order valence-electron chi connectivity index (χ2n) is 6.91. The van der Waals surface area contributed by atoms with Crippen LogP contribution < -0.4 is 0 Å². The van der Waals surface area contributed by atoms with Crippen molar-refractivity contribution < 1.29 is 37.9 Å². The van der Waals surface area contributed by atoms with Gasteiger partial charge in [0.15, 0.2) is 6.10 Å². The van der Waals surface area contributed by atoms with Crippen LogP contribution in [0.4, 0.5) is 0 Å². The summed E-state index contributed by atoms with van der Waals surface area (Å²) in [5, 5.41) is 0. The maximum Gasteiger partial charge on any atom is 0.469 e. The van der Waals surface area contributed by atoms with E-state index in [9.17, 15) is 14.2 Å². The highest BCUT2D eigenvalue weighted by atomic mass is 31.2. The Kier molecular flexibility index (Phi) is 16.4. The molecule has 0 radical (unpaired) electrons. The molecule has 0 aromatic heterocycles. The summed E-state index contributed by atoms with van der Waals surface area (Å²) in [4.78, 5) is 41.0. The highest BCUT2D eigenvalue weighted by Crippen LogP contribution is 2.35. The Morgan fingerprint density at radius 3 is 1.89 bits per heavy atom. The summed E-state index contributed by atoms with van der Waals surface area (Å²) in [6, 6.07) is 0. The first kappa shape index (κ1) is 27.0. The molecule has 0 heterocycles. The average molecular weight is 424 g/mol. The number of hydrogen-bond acceptors (Lipinski definition) is 6. The van der Waals surface area contributed by atoms with Crippen molar-refractivity contribution in [3.8, 4) is 0 Å². The molecule has 0 bridgehead atoms. The van der Waals surface area contributed by atoms with Crippen LogP contribution in [-0.4, -0.2) is 41.0 Å². The summed E-state index contributed by atoms with van der Waals surface area (Å²) in [6.45, 7) is 3.19. The summed E-state index contributed by atoms with van der Waals surface area (Å²) in [7, 11) is -4.70. The summed E-state index contributed by atoms with van der Waals surface area (Å²) in [5.41, 5.74) is 0. The molecule has 9 heteroatoms. The van der Waals surface area contributed by atoms with E-state index in [1.165, 1.54) is 32.1 Å². The number of hydrogen-bond donors (Lipinski definition) is 2. The Balaban J connectivity index is 4.07. The summed E-state index contributed by atoms with van der Waals surface area (Å²) >= 11 is 0. The van der Waals surface area contributed by atoms with Gasteiger partial charge in [0, 0.05) is 12.8 Å². The number of rotatable bonds is 18. The van der Waals surface area contributed by atoms with E-state index in [1.54, 1.807) is 0 Å². The van der Waals surface area contributed by atoms with Crippen LogP contribution >= 0.6 is 7.82 Å². The zero-order valence-corrected chi connectivity index (χ0v) is 18.2. The zero-order valence-electron chi connectivity index (χ0n) is 17.3. The van der Waals surface area contributed by atoms with Gasteiger partial charge >= 0.3 is 19.8 Å². The van der Waals surface area contributed by atoms with Crippen LogP contribution in [0.3, 0.4) is 0 Å². The normalized spacial score (nSPS) is 12.6. The van der Waals surface area contributed by atoms with Crippen molar-refractivity contribution in [2.24, 2.45) is 0 Å². The molecule has 0 aromatic rings. The molecule has 2 N–H and O–H groups in total. The van der Waals surface area contributed by atoms with E-state index >= 15 is 0 Å². The molecular formula is C19H37O8P. The topological polar surface area (TPSA) is 119 Å². The average Bonchev–Trinajstić information content (AvgIpc) is 2.62. The van der Waals surface area contributed by atoms with Crippen molar-refractivity contribution in [3.63, 3.8) is 0 Å². The molecule has 166 valence electrons. The number of esters is 2. The van der Waals surface area contributed by atoms with Gasteiger partial charge in [-0.2, -0.15) is 0 Å². The van der Waals surface area contributed by atoms with Gasteiger partial charge in [0.2, 0.25) is 0 Å². The first-order chi connectivity index (χ1) is 13.3. The molecule has 28 heavy (non-hydrogen) atoms. The molecule has 0 rings (SSSR count). The van der Waals surface area contributed by atoms with Gasteiger partial charge in [-0.3, -0.25) is 14.1 Å². The molecule has 1 atom stereocenters. The molecule has 0 aliphatic rings. The molecule has 0 aliphatic heterocycles. The number of carbonyl (C=O) groups excluding carboxylic acids is 2. The summed E-state index contributed by atoms with van der Waals surface area (Å²) in [5.74, 6) is -0.951. The Labute approximate surface area is 168 Å². The van der Waals surface area contributed by atoms with Crippen LogP contribution in [-0.2, 0) is 28.2 Å². The molecule has 0 amide bonds. The van der Waals surface area contributed by atoms with Gasteiger partial charge in [-0.15, -0.1) is 0 Å². The minimum Gasteiger partial charge on any atom is -0.462 e. The molecule has 0 fully saturated rings. The lowest BCUT2D eigenvalue weighted by atomic mass is 10.1. The fourth-order valence-electron chi connectivity index (χ4n) is 2.58. The lowest BCUT2D eigenvalue weighted by Gasteiger charge is -2.18. The van der Waals surface area contributed by atoms with Crippen LogP contribution in [0.2, 0.25) is 0 Å². The van der Waals surface area contributed by atoms with Gasteiger partial charge in [-0.25, -0.2) is 4.57 Å². The molecule has 0 aliphatic carbocycles. The standard InChI is InChI=1S/C19H37O8P/c1-3-5-6-7-8-9-10-11-12-14-19(21)27-17(16-26-28(22,23)24)15-25-18(20)13-4-2/h17H,3-16H2,1-2H3,(H2,22,23,24). The lowest BCUT2D eigenvalue weighted by Crippen LogP contribution is -2.29. The largest absolute Gasteiger partial charge is 0.469 e. The molecular weight excluding hydrogens is 387 g/mol. The quantitative estimate of drug-likeness (QED) is 0.190. The molecule has 0 saturated heterocycles. The van der Waals surface area contributed by atoms with E-state index in [4.69, 9.17) is 19.3 Å². The predicted octanol–water partition coefficient (Wildman–Crippen LogP) is 4.27. The van der Waals surface area contributed by atoms with E-state index in [0.29, 0.717) is 12.8 Å². The van der Waals surface area contributed by atoms with Crippen LogP contribution in [0.5, 0.6) is 0 Å². The number of carbonyl (C=O) groups is 2. The van der Waals surface area contributed by atoms with E-state index in [-0.39, 0.29) is 19.4 Å². The molecule has 0 aromatic carbocycles. The number of phosphoric acid groups is 1. The van der Waals surface area contributed by atoms with E-state index in [1.807, 2.05) is 6.92 Å². The second kappa shape index (κ2) is 17.0. The van der Waals surface area contributed by atoms with Gasteiger partial charge in [-0.05, 0) is 12.8 Å². The van der Waals surface area contributed by atoms with Crippen molar-refractivity contribution in [2.45, 2.75) is 97.0 Å². The van der Waals surface area contributed by atoms with Crippen molar-refractivity contribution in [1.29, 1.82) is 0 Å². The van der Waals surface area contributed by atoms with Gasteiger partial charge in [0.25, 0.3) is 0 Å². The van der Waals surface area contributed by atoms with Gasteiger partial charge < -0.3 is 19.3 Å². The summed E-state index contributed by atoms with van der Waals surface area (Å²) < 4.78 is 25.3. The van der Waals surface area contributed by atoms with E-state index in [0.717, 1.165) is 19.3 Å². The fourth-order valence-corrected chi connectivity index (χ4v) is 2.94. The Morgan fingerprint density at radius 2 is 1.36 bits per heavy atom. The van der Waals surface area contributed by atoms with Crippen molar-refractivity contribution in [3.05, 3.63) is 0 Å². The highest BCUT2D eigenvalue weighted by molar-refractivity contribution is 7.46. The van der Waals surface area contributed by atoms with Crippen molar-refractivity contribution >= 4 is 19.8 Å². The summed E-state index contributed by atoms with van der Waals surface area (Å²) in [6.07, 6.45) is 10.1. The van der Waals surface area contributed by atoms with Crippen LogP contribution in [0.1, 0.15) is 90.9 Å². The molecule has 8 nitrogen and oxygen atoms in total. The smallest absolute Gasteiger partial charge is 0.462 e. The van der Waals surface area contributed by atoms with Crippen molar-refractivity contribution in [1.82, 2.24) is 0 Å². The highest BCUT2D eigenvalue weighted by Gasteiger charge is 2.22. The minimum atomic E-state index is -4.70. The van der Waals surface area contributed by atoms with Crippen LogP contribution in [0, 0.1) is 0 Å². The molecule has 0 saturated carbocycles. The first-order valence-corrected chi connectivity index (χ1v) is 11.9. The monoisotopic (exact) mass is 424 g/mol. The zero-order chi connectivity index (χ0) is 21.3. The van der Waals surface area contributed by atoms with Crippen LogP contribution in [0.15, 0.2) is 0 Å². The van der Waals surface area contributed by atoms with Gasteiger partial charge in [0.1, 0.15) is 6.61 Å².